The van der Waals surface area contributed by atoms with Crippen LogP contribution in [0.25, 0.3) is 0 Å². The van der Waals surface area contributed by atoms with Crippen molar-refractivity contribution in [2.75, 3.05) is 18.8 Å². The van der Waals surface area contributed by atoms with Crippen LogP contribution in [0.15, 0.2) is 39.0 Å². The SMILES string of the molecule is CSc1cc(C#N)c(C#N)cc1SC.Cc1cc(C#N)c(C#N)cc1S(C)(=O)=O. The smallest absolute Gasteiger partial charge is 0.175 e. The molecule has 6 nitrogen and oxygen atoms in total. The molecule has 0 spiro atoms. The molecule has 0 aromatic heterocycles. The van der Waals surface area contributed by atoms with Crippen LogP contribution in [-0.2, 0) is 9.84 Å². The van der Waals surface area contributed by atoms with Crippen molar-refractivity contribution in [3.63, 3.8) is 0 Å². The zero-order valence-electron chi connectivity index (χ0n) is 16.1. The van der Waals surface area contributed by atoms with Gasteiger partial charge in [-0.15, -0.1) is 23.5 Å². The molecule has 0 fully saturated rings. The first-order valence-corrected chi connectivity index (χ1v) is 12.2. The second-order valence-corrected chi connectivity index (χ2v) is 9.32. The number of hydrogen-bond donors (Lipinski definition) is 0. The highest BCUT2D eigenvalue weighted by Gasteiger charge is 2.14. The molecular formula is C20H16N4O2S3. The lowest BCUT2D eigenvalue weighted by molar-refractivity contribution is 0.601. The zero-order valence-corrected chi connectivity index (χ0v) is 18.6. The Morgan fingerprint density at radius 3 is 1.38 bits per heavy atom. The Morgan fingerprint density at radius 1 is 0.724 bits per heavy atom. The molecule has 2 aromatic carbocycles. The molecular weight excluding hydrogens is 424 g/mol. The minimum absolute atomic E-state index is 0.0866. The number of sulfone groups is 1. The maximum atomic E-state index is 11.3. The third-order valence-corrected chi connectivity index (χ3v) is 6.64. The number of thioether (sulfide) groups is 2. The Hall–Kier alpha value is -2.95. The topological polar surface area (TPSA) is 129 Å². The van der Waals surface area contributed by atoms with Crippen molar-refractivity contribution >= 4 is 33.4 Å². The fraction of sp³-hybridized carbons (Fsp3) is 0.200. The van der Waals surface area contributed by atoms with Gasteiger partial charge in [-0.1, -0.05) is 0 Å². The van der Waals surface area contributed by atoms with Gasteiger partial charge in [0.05, 0.1) is 27.1 Å². The van der Waals surface area contributed by atoms with Crippen molar-refractivity contribution in [1.82, 2.24) is 0 Å². The predicted molar refractivity (Wildman–Crippen MR) is 113 cm³/mol. The summed E-state index contributed by atoms with van der Waals surface area (Å²) in [6.07, 6.45) is 4.99. The van der Waals surface area contributed by atoms with Gasteiger partial charge >= 0.3 is 0 Å². The van der Waals surface area contributed by atoms with E-state index in [4.69, 9.17) is 21.0 Å². The quantitative estimate of drug-likeness (QED) is 0.654. The van der Waals surface area contributed by atoms with Crippen molar-refractivity contribution in [3.05, 3.63) is 52.1 Å². The number of hydrogen-bond acceptors (Lipinski definition) is 8. The molecule has 0 bridgehead atoms. The van der Waals surface area contributed by atoms with Gasteiger partial charge in [0, 0.05) is 16.0 Å². The van der Waals surface area contributed by atoms with Crippen LogP contribution in [0.4, 0.5) is 0 Å². The molecule has 0 unspecified atom stereocenters. The van der Waals surface area contributed by atoms with Crippen molar-refractivity contribution in [1.29, 1.82) is 21.0 Å². The Balaban J connectivity index is 0.000000291. The molecule has 2 rings (SSSR count). The van der Waals surface area contributed by atoms with Crippen LogP contribution >= 0.6 is 23.5 Å². The van der Waals surface area contributed by atoms with E-state index in [1.807, 2.05) is 30.7 Å². The van der Waals surface area contributed by atoms with Crippen LogP contribution in [-0.4, -0.2) is 27.2 Å². The van der Waals surface area contributed by atoms with Gasteiger partial charge in [-0.3, -0.25) is 0 Å². The fourth-order valence-corrected chi connectivity index (χ4v) is 4.80. The third kappa shape index (κ3) is 6.01. The average Bonchev–Trinajstić information content (AvgIpc) is 2.71. The van der Waals surface area contributed by atoms with E-state index in [-0.39, 0.29) is 16.0 Å². The monoisotopic (exact) mass is 440 g/mol. The first kappa shape index (κ1) is 24.1. The largest absolute Gasteiger partial charge is 0.224 e. The number of aryl methyl sites for hydroxylation is 1. The first-order chi connectivity index (χ1) is 13.7. The lowest BCUT2D eigenvalue weighted by Crippen LogP contribution is -2.02. The van der Waals surface area contributed by atoms with E-state index in [1.165, 1.54) is 12.1 Å². The molecule has 0 saturated heterocycles. The van der Waals surface area contributed by atoms with Gasteiger partial charge in [-0.05, 0) is 49.3 Å². The van der Waals surface area contributed by atoms with E-state index in [2.05, 4.69) is 0 Å². The average molecular weight is 441 g/mol. The molecule has 0 atom stereocenters. The predicted octanol–water partition coefficient (Wildman–Crippen LogP) is 4.02. The second-order valence-electron chi connectivity index (χ2n) is 5.64. The highest BCUT2D eigenvalue weighted by molar-refractivity contribution is 8.01. The third-order valence-electron chi connectivity index (χ3n) is 3.72. The molecule has 29 heavy (non-hydrogen) atoms. The molecule has 0 aliphatic carbocycles. The van der Waals surface area contributed by atoms with Crippen LogP contribution in [0, 0.1) is 52.2 Å². The maximum Gasteiger partial charge on any atom is 0.175 e. The summed E-state index contributed by atoms with van der Waals surface area (Å²) in [6.45, 7) is 1.60. The van der Waals surface area contributed by atoms with Gasteiger partial charge in [0.2, 0.25) is 0 Å². The van der Waals surface area contributed by atoms with Crippen LogP contribution in [0.5, 0.6) is 0 Å². The molecule has 0 aliphatic rings. The molecule has 0 aliphatic heterocycles. The van der Waals surface area contributed by atoms with E-state index in [0.29, 0.717) is 16.7 Å². The fourth-order valence-electron chi connectivity index (χ4n) is 2.34. The van der Waals surface area contributed by atoms with Gasteiger partial charge in [-0.2, -0.15) is 21.0 Å². The molecule has 0 radical (unpaired) electrons. The molecule has 0 saturated carbocycles. The summed E-state index contributed by atoms with van der Waals surface area (Å²) in [7, 11) is -3.35. The lowest BCUT2D eigenvalue weighted by Gasteiger charge is -2.05. The van der Waals surface area contributed by atoms with E-state index in [1.54, 1.807) is 48.6 Å². The van der Waals surface area contributed by atoms with Crippen molar-refractivity contribution in [3.8, 4) is 24.3 Å². The summed E-state index contributed by atoms with van der Waals surface area (Å²) in [5.41, 5.74) is 1.67. The molecule has 146 valence electrons. The molecule has 9 heteroatoms. The van der Waals surface area contributed by atoms with Crippen molar-refractivity contribution in [2.24, 2.45) is 0 Å². The molecule has 0 amide bonds. The summed E-state index contributed by atoms with van der Waals surface area (Å²) >= 11 is 3.17. The zero-order chi connectivity index (χ0) is 22.2. The lowest BCUT2D eigenvalue weighted by atomic mass is 10.1. The number of nitriles is 4. The summed E-state index contributed by atoms with van der Waals surface area (Å²) in [5, 5.41) is 35.1. The van der Waals surface area contributed by atoms with E-state index in [9.17, 15) is 8.42 Å². The first-order valence-electron chi connectivity index (χ1n) is 7.87. The molecule has 2 aromatic rings. The van der Waals surface area contributed by atoms with Gasteiger partial charge in [0.15, 0.2) is 9.84 Å². The molecule has 0 heterocycles. The van der Waals surface area contributed by atoms with Crippen molar-refractivity contribution < 1.29 is 8.42 Å². The van der Waals surface area contributed by atoms with Gasteiger partial charge < -0.3 is 0 Å². The van der Waals surface area contributed by atoms with Crippen LogP contribution < -0.4 is 0 Å². The van der Waals surface area contributed by atoms with Gasteiger partial charge in [-0.25, -0.2) is 8.42 Å². The van der Waals surface area contributed by atoms with Crippen LogP contribution in [0.3, 0.4) is 0 Å². The highest BCUT2D eigenvalue weighted by atomic mass is 32.2. The van der Waals surface area contributed by atoms with Crippen LogP contribution in [0.2, 0.25) is 0 Å². The summed E-state index contributed by atoms with van der Waals surface area (Å²) in [5.74, 6) is 0. The van der Waals surface area contributed by atoms with E-state index < -0.39 is 9.84 Å². The number of nitrogens with zero attached hydrogens (tertiary/aromatic N) is 4. The van der Waals surface area contributed by atoms with E-state index in [0.717, 1.165) is 16.0 Å². The normalized spacial score (nSPS) is 9.79. The van der Waals surface area contributed by atoms with Crippen LogP contribution in [0.1, 0.15) is 27.8 Å². The second kappa shape index (κ2) is 10.6. The van der Waals surface area contributed by atoms with Crippen molar-refractivity contribution in [2.45, 2.75) is 21.6 Å². The Kier molecular flexibility index (Phi) is 8.77. The minimum Gasteiger partial charge on any atom is -0.224 e. The molecule has 0 N–H and O–H groups in total. The Morgan fingerprint density at radius 2 is 1.07 bits per heavy atom. The highest BCUT2D eigenvalue weighted by Crippen LogP contribution is 2.30. The number of benzene rings is 2. The number of rotatable bonds is 3. The van der Waals surface area contributed by atoms with Gasteiger partial charge in [0.25, 0.3) is 0 Å². The Bertz CT molecular complexity index is 1170. The minimum atomic E-state index is -3.35. The summed E-state index contributed by atoms with van der Waals surface area (Å²) in [6, 6.07) is 13.9. The van der Waals surface area contributed by atoms with E-state index >= 15 is 0 Å². The summed E-state index contributed by atoms with van der Waals surface area (Å²) < 4.78 is 22.7. The van der Waals surface area contributed by atoms with Gasteiger partial charge in [0.1, 0.15) is 24.3 Å². The maximum absolute atomic E-state index is 11.3. The summed E-state index contributed by atoms with van der Waals surface area (Å²) in [4.78, 5) is 2.19. The standard InChI is InChI=1S/C10H8N2O2S.C10H8N2S2/c1-7-3-8(5-11)9(6-12)4-10(7)15(2,13)14;1-13-9-3-7(5-11)8(6-12)4-10(9)14-2/h3-4H,1-2H3;3-4H,1-2H3. The Labute approximate surface area is 179 Å².